The molecule has 174 valence electrons. The third kappa shape index (κ3) is 3.18. The Morgan fingerprint density at radius 3 is 2.53 bits per heavy atom. The first-order chi connectivity index (χ1) is 16.2. The molecule has 3 aromatic heterocycles. The van der Waals surface area contributed by atoms with Crippen molar-refractivity contribution in [1.82, 2.24) is 24.5 Å². The third-order valence-electron chi connectivity index (χ3n) is 6.55. The molecule has 1 atom stereocenters. The van der Waals surface area contributed by atoms with Crippen LogP contribution in [-0.2, 0) is 17.8 Å². The molecule has 1 unspecified atom stereocenters. The molecule has 6 rings (SSSR count). The zero-order chi connectivity index (χ0) is 23.8. The lowest BCUT2D eigenvalue weighted by Gasteiger charge is -2.30. The van der Waals surface area contributed by atoms with Crippen molar-refractivity contribution in [3.8, 4) is 0 Å². The molecule has 2 aliphatic heterocycles. The van der Waals surface area contributed by atoms with Gasteiger partial charge in [-0.3, -0.25) is 14.5 Å². The minimum atomic E-state index is -0.559. The monoisotopic (exact) mass is 475 g/mol. The van der Waals surface area contributed by atoms with E-state index in [1.54, 1.807) is 46.4 Å². The van der Waals surface area contributed by atoms with Gasteiger partial charge in [0.15, 0.2) is 11.5 Å². The lowest BCUT2D eigenvalue weighted by molar-refractivity contribution is -0.0379. The average molecular weight is 476 g/mol. The zero-order valence-corrected chi connectivity index (χ0v) is 20.3. The summed E-state index contributed by atoms with van der Waals surface area (Å²) < 4.78 is 7.68. The van der Waals surface area contributed by atoms with Crippen molar-refractivity contribution in [3.05, 3.63) is 58.0 Å². The maximum Gasteiger partial charge on any atom is 0.262 e. The van der Waals surface area contributed by atoms with Gasteiger partial charge in [-0.1, -0.05) is 26.0 Å². The number of nitrogens with zero attached hydrogens (tertiary/aromatic N) is 5. The summed E-state index contributed by atoms with van der Waals surface area (Å²) in [5.41, 5.74) is 2.51. The highest BCUT2D eigenvalue weighted by atomic mass is 32.1. The van der Waals surface area contributed by atoms with Gasteiger partial charge in [0.05, 0.1) is 28.7 Å². The second kappa shape index (κ2) is 7.41. The molecule has 0 aliphatic carbocycles. The van der Waals surface area contributed by atoms with Gasteiger partial charge in [-0.25, -0.2) is 14.5 Å². The van der Waals surface area contributed by atoms with Crippen LogP contribution in [-0.4, -0.2) is 41.9 Å². The molecule has 4 aromatic rings. The largest absolute Gasteiger partial charge is 0.370 e. The van der Waals surface area contributed by atoms with Crippen molar-refractivity contribution in [2.45, 2.75) is 58.8 Å². The van der Waals surface area contributed by atoms with Crippen LogP contribution < -0.4 is 0 Å². The van der Waals surface area contributed by atoms with Crippen LogP contribution >= 0.6 is 11.3 Å². The molecular weight excluding hydrogens is 450 g/mol. The Balaban J connectivity index is 1.50. The average Bonchev–Trinajstić information content (AvgIpc) is 3.44. The summed E-state index contributed by atoms with van der Waals surface area (Å²) in [6.07, 6.45) is 3.00. The van der Waals surface area contributed by atoms with Crippen molar-refractivity contribution in [1.29, 1.82) is 0 Å². The number of thiophene rings is 1. The molecule has 0 radical (unpaired) electrons. The second-order valence-electron chi connectivity index (χ2n) is 10.1. The molecule has 0 N–H and O–H groups in total. The number of ether oxygens (including phenoxy) is 1. The van der Waals surface area contributed by atoms with E-state index in [2.05, 4.69) is 32.7 Å². The third-order valence-corrected chi connectivity index (χ3v) is 7.67. The number of amides is 2. The number of fused-ring (bicyclic) bond motifs is 6. The molecule has 5 heterocycles. The highest BCUT2D eigenvalue weighted by molar-refractivity contribution is 7.19. The van der Waals surface area contributed by atoms with Gasteiger partial charge in [0.1, 0.15) is 17.2 Å². The van der Waals surface area contributed by atoms with E-state index in [9.17, 15) is 9.59 Å². The minimum Gasteiger partial charge on any atom is -0.370 e. The van der Waals surface area contributed by atoms with E-state index in [4.69, 9.17) is 14.8 Å². The molecule has 0 fully saturated rings. The van der Waals surface area contributed by atoms with Crippen molar-refractivity contribution in [2.24, 2.45) is 5.92 Å². The summed E-state index contributed by atoms with van der Waals surface area (Å²) in [5, 5.41) is 5.72. The molecule has 9 heteroatoms. The highest BCUT2D eigenvalue weighted by Crippen LogP contribution is 2.40. The lowest BCUT2D eigenvalue weighted by Crippen LogP contribution is -2.35. The van der Waals surface area contributed by atoms with E-state index < -0.39 is 6.04 Å². The highest BCUT2D eigenvalue weighted by Gasteiger charge is 2.42. The molecule has 34 heavy (non-hydrogen) atoms. The van der Waals surface area contributed by atoms with Gasteiger partial charge in [-0.15, -0.1) is 16.4 Å². The number of aromatic nitrogens is 4. The number of hydrogen-bond acceptors (Lipinski definition) is 7. The summed E-state index contributed by atoms with van der Waals surface area (Å²) in [4.78, 5) is 39.5. The molecule has 0 bridgehead atoms. The van der Waals surface area contributed by atoms with Gasteiger partial charge in [0.2, 0.25) is 0 Å². The van der Waals surface area contributed by atoms with Gasteiger partial charge in [0, 0.05) is 11.3 Å². The van der Waals surface area contributed by atoms with Gasteiger partial charge in [-0.05, 0) is 43.9 Å². The van der Waals surface area contributed by atoms with Crippen LogP contribution in [0.2, 0.25) is 0 Å². The number of hydrogen-bond donors (Lipinski definition) is 0. The zero-order valence-electron chi connectivity index (χ0n) is 19.5. The van der Waals surface area contributed by atoms with Crippen molar-refractivity contribution in [2.75, 3.05) is 0 Å². The first kappa shape index (κ1) is 21.4. The van der Waals surface area contributed by atoms with Crippen LogP contribution in [0.1, 0.15) is 77.1 Å². The predicted molar refractivity (Wildman–Crippen MR) is 128 cm³/mol. The van der Waals surface area contributed by atoms with Gasteiger partial charge >= 0.3 is 0 Å². The van der Waals surface area contributed by atoms with E-state index in [1.807, 2.05) is 0 Å². The summed E-state index contributed by atoms with van der Waals surface area (Å²) in [7, 11) is 0. The number of benzene rings is 1. The maximum absolute atomic E-state index is 13.3. The lowest BCUT2D eigenvalue weighted by atomic mass is 9.94. The van der Waals surface area contributed by atoms with Crippen LogP contribution in [0.15, 0.2) is 30.6 Å². The summed E-state index contributed by atoms with van der Waals surface area (Å²) in [5.74, 6) is 0.107. The molecule has 0 saturated carbocycles. The normalized spacial score (nSPS) is 18.2. The van der Waals surface area contributed by atoms with E-state index >= 15 is 0 Å². The van der Waals surface area contributed by atoms with Crippen LogP contribution in [0.3, 0.4) is 0 Å². The van der Waals surface area contributed by atoms with Crippen LogP contribution in [0.4, 0.5) is 0 Å². The maximum atomic E-state index is 13.3. The Morgan fingerprint density at radius 2 is 1.85 bits per heavy atom. The molecular formula is C25H25N5O3S. The molecule has 8 nitrogen and oxygen atoms in total. The van der Waals surface area contributed by atoms with Gasteiger partial charge in [0.25, 0.3) is 11.8 Å². The predicted octanol–water partition coefficient (Wildman–Crippen LogP) is 4.57. The quantitative estimate of drug-likeness (QED) is 0.402. The van der Waals surface area contributed by atoms with Crippen LogP contribution in [0.5, 0.6) is 0 Å². The van der Waals surface area contributed by atoms with Crippen molar-refractivity contribution >= 4 is 39.0 Å². The SMILES string of the molecule is CC(C)CC(c1nc2c3c4c(sc3ncn2n1)COC(C)(C)C4)N1C(=O)c2ccccc2C1=O. The summed E-state index contributed by atoms with van der Waals surface area (Å²) >= 11 is 1.63. The van der Waals surface area contributed by atoms with Gasteiger partial charge < -0.3 is 4.74 Å². The number of carbonyl (C=O) groups is 2. The Hall–Kier alpha value is -3.17. The fourth-order valence-electron chi connectivity index (χ4n) is 4.96. The first-order valence-electron chi connectivity index (χ1n) is 11.5. The molecule has 2 amide bonds. The van der Waals surface area contributed by atoms with Crippen molar-refractivity contribution < 1.29 is 14.3 Å². The Labute approximate surface area is 200 Å². The number of imide groups is 1. The van der Waals surface area contributed by atoms with E-state index in [0.717, 1.165) is 16.6 Å². The Kier molecular flexibility index (Phi) is 4.66. The van der Waals surface area contributed by atoms with Crippen LogP contribution in [0.25, 0.3) is 15.9 Å². The standard InChI is InChI=1S/C25H25N5O3S/c1-13(2)9-17(30-23(31)14-7-5-6-8-15(14)24(30)32)20-27-21-19-16-10-25(3,4)33-11-18(16)34-22(19)26-12-29(21)28-20/h5-8,12-13,17H,9-11H2,1-4H3. The van der Waals surface area contributed by atoms with E-state index in [1.165, 1.54) is 15.3 Å². The Bertz CT molecular complexity index is 1450. The molecule has 2 aliphatic rings. The van der Waals surface area contributed by atoms with Crippen LogP contribution in [0, 0.1) is 5.92 Å². The fraction of sp³-hybridized carbons (Fsp3) is 0.400. The van der Waals surface area contributed by atoms with E-state index in [-0.39, 0.29) is 23.3 Å². The molecule has 1 aromatic carbocycles. The number of rotatable bonds is 4. The first-order valence-corrected chi connectivity index (χ1v) is 12.3. The minimum absolute atomic E-state index is 0.228. The second-order valence-corrected chi connectivity index (χ2v) is 11.1. The van der Waals surface area contributed by atoms with E-state index in [0.29, 0.717) is 35.6 Å². The smallest absolute Gasteiger partial charge is 0.262 e. The van der Waals surface area contributed by atoms with Gasteiger partial charge in [-0.2, -0.15) is 0 Å². The number of carbonyl (C=O) groups excluding carboxylic acids is 2. The summed E-state index contributed by atoms with van der Waals surface area (Å²) in [6, 6.07) is 6.40. The topological polar surface area (TPSA) is 89.7 Å². The fourth-order valence-corrected chi connectivity index (χ4v) is 6.03. The summed E-state index contributed by atoms with van der Waals surface area (Å²) in [6.45, 7) is 8.87. The van der Waals surface area contributed by atoms with Crippen molar-refractivity contribution in [3.63, 3.8) is 0 Å². The Morgan fingerprint density at radius 1 is 1.15 bits per heavy atom. The molecule has 0 spiro atoms. The molecule has 0 saturated heterocycles.